The van der Waals surface area contributed by atoms with E-state index in [4.69, 9.17) is 11.6 Å². The predicted molar refractivity (Wildman–Crippen MR) is 87.0 cm³/mol. The Bertz CT molecular complexity index is 671. The maximum atomic E-state index is 13.8. The van der Waals surface area contributed by atoms with E-state index in [0.29, 0.717) is 17.0 Å². The van der Waals surface area contributed by atoms with Crippen molar-refractivity contribution in [2.75, 3.05) is 0 Å². The number of benzene rings is 2. The monoisotopic (exact) mass is 320 g/mol. The molecule has 0 amide bonds. The van der Waals surface area contributed by atoms with Crippen molar-refractivity contribution in [3.63, 3.8) is 0 Å². The molecule has 0 N–H and O–H groups in total. The number of halogens is 3. The Morgan fingerprint density at radius 1 is 1.00 bits per heavy atom. The fourth-order valence-electron chi connectivity index (χ4n) is 1.93. The molecule has 0 aliphatic rings. The van der Waals surface area contributed by atoms with Crippen LogP contribution in [0.4, 0.5) is 8.78 Å². The summed E-state index contributed by atoms with van der Waals surface area (Å²) in [7, 11) is 0. The highest BCUT2D eigenvalue weighted by Crippen LogP contribution is 2.15. The molecule has 2 aromatic carbocycles. The molecule has 0 saturated heterocycles. The van der Waals surface area contributed by atoms with Gasteiger partial charge >= 0.3 is 0 Å². The van der Waals surface area contributed by atoms with Crippen LogP contribution in [0.25, 0.3) is 0 Å². The maximum absolute atomic E-state index is 13.8. The molecule has 0 bridgehead atoms. The molecule has 0 atom stereocenters. The minimum atomic E-state index is -0.631. The average Bonchev–Trinajstić information content (AvgIpc) is 2.48. The summed E-state index contributed by atoms with van der Waals surface area (Å²) in [6, 6.07) is 9.63. The molecule has 0 aliphatic heterocycles. The molecule has 0 unspecified atom stereocenters. The molecular formula is C17H15ClF2N2. The minimum absolute atomic E-state index is 0.187. The first-order valence-electron chi connectivity index (χ1n) is 6.90. The van der Waals surface area contributed by atoms with Gasteiger partial charge in [-0.05, 0) is 41.8 Å². The summed E-state index contributed by atoms with van der Waals surface area (Å²) in [5, 5.41) is 8.09. The standard InChI is InChI=1S/C17H15ClF2N2/c1-2-3-13-8-16(19)15(17(20)9-13)11-22-21-10-12-4-6-14(18)7-5-12/h4-11H,2-3H2,1H3. The highest BCUT2D eigenvalue weighted by atomic mass is 35.5. The second-order valence-electron chi connectivity index (χ2n) is 4.76. The zero-order valence-electron chi connectivity index (χ0n) is 12.1. The minimum Gasteiger partial charge on any atom is -0.206 e. The maximum Gasteiger partial charge on any atom is 0.135 e. The van der Waals surface area contributed by atoms with Crippen molar-refractivity contribution in [2.45, 2.75) is 19.8 Å². The number of hydrogen-bond acceptors (Lipinski definition) is 2. The van der Waals surface area contributed by atoms with Crippen molar-refractivity contribution in [1.29, 1.82) is 0 Å². The number of hydrogen-bond donors (Lipinski definition) is 0. The molecule has 0 saturated carbocycles. The summed E-state index contributed by atoms with van der Waals surface area (Å²) in [5.41, 5.74) is 1.24. The molecule has 0 aromatic heterocycles. The van der Waals surface area contributed by atoms with Gasteiger partial charge in [0.05, 0.1) is 18.0 Å². The van der Waals surface area contributed by atoms with E-state index in [1.54, 1.807) is 24.3 Å². The Kier molecular flexibility index (Phi) is 5.78. The van der Waals surface area contributed by atoms with Gasteiger partial charge in [0, 0.05) is 5.02 Å². The number of rotatable bonds is 5. The molecule has 2 rings (SSSR count). The van der Waals surface area contributed by atoms with Crippen LogP contribution in [0.15, 0.2) is 46.6 Å². The molecule has 0 fully saturated rings. The summed E-state index contributed by atoms with van der Waals surface area (Å²) in [5.74, 6) is -1.26. The van der Waals surface area contributed by atoms with Crippen LogP contribution in [0.3, 0.4) is 0 Å². The van der Waals surface area contributed by atoms with E-state index in [0.717, 1.165) is 18.2 Å². The van der Waals surface area contributed by atoms with E-state index in [2.05, 4.69) is 10.2 Å². The molecule has 0 heterocycles. The molecular weight excluding hydrogens is 306 g/mol. The molecule has 0 aliphatic carbocycles. The van der Waals surface area contributed by atoms with Crippen LogP contribution >= 0.6 is 11.6 Å². The quantitative estimate of drug-likeness (QED) is 0.545. The van der Waals surface area contributed by atoms with E-state index in [1.807, 2.05) is 6.92 Å². The highest BCUT2D eigenvalue weighted by Gasteiger charge is 2.08. The summed E-state index contributed by atoms with van der Waals surface area (Å²) in [6.07, 6.45) is 4.03. The summed E-state index contributed by atoms with van der Waals surface area (Å²) in [6.45, 7) is 1.96. The van der Waals surface area contributed by atoms with Gasteiger partial charge in [0.25, 0.3) is 0 Å². The second kappa shape index (κ2) is 7.80. The van der Waals surface area contributed by atoms with Crippen molar-refractivity contribution in [3.05, 3.63) is 69.7 Å². The van der Waals surface area contributed by atoms with Gasteiger partial charge in [0.2, 0.25) is 0 Å². The number of nitrogens with zero attached hydrogens (tertiary/aromatic N) is 2. The third-order valence-electron chi connectivity index (χ3n) is 3.01. The first kappa shape index (κ1) is 16.3. The van der Waals surface area contributed by atoms with Gasteiger partial charge in [0.1, 0.15) is 11.6 Å². The lowest BCUT2D eigenvalue weighted by molar-refractivity contribution is 0.576. The topological polar surface area (TPSA) is 24.7 Å². The van der Waals surface area contributed by atoms with Gasteiger partial charge in [-0.1, -0.05) is 37.1 Å². The third-order valence-corrected chi connectivity index (χ3v) is 3.26. The Hall–Kier alpha value is -2.07. The van der Waals surface area contributed by atoms with E-state index in [1.165, 1.54) is 18.3 Å². The lowest BCUT2D eigenvalue weighted by Gasteiger charge is -2.03. The SMILES string of the molecule is CCCc1cc(F)c(C=NN=Cc2ccc(Cl)cc2)c(F)c1. The molecule has 0 radical (unpaired) electrons. The van der Waals surface area contributed by atoms with Crippen molar-refractivity contribution in [3.8, 4) is 0 Å². The van der Waals surface area contributed by atoms with Crippen LogP contribution in [0, 0.1) is 11.6 Å². The Balaban J connectivity index is 2.11. The summed E-state index contributed by atoms with van der Waals surface area (Å²) < 4.78 is 27.7. The predicted octanol–water partition coefficient (Wildman–Crippen LogP) is 5.02. The van der Waals surface area contributed by atoms with Gasteiger partial charge in [-0.15, -0.1) is 0 Å². The van der Waals surface area contributed by atoms with Gasteiger partial charge in [-0.25, -0.2) is 8.78 Å². The zero-order valence-corrected chi connectivity index (χ0v) is 12.8. The Morgan fingerprint density at radius 2 is 1.59 bits per heavy atom. The largest absolute Gasteiger partial charge is 0.206 e. The van der Waals surface area contributed by atoms with E-state index < -0.39 is 11.6 Å². The number of aryl methyl sites for hydroxylation is 1. The zero-order chi connectivity index (χ0) is 15.9. The van der Waals surface area contributed by atoms with Crippen LogP contribution in [0.5, 0.6) is 0 Å². The smallest absolute Gasteiger partial charge is 0.135 e. The molecule has 5 heteroatoms. The normalized spacial score (nSPS) is 11.6. The van der Waals surface area contributed by atoms with Crippen LogP contribution in [0.1, 0.15) is 30.0 Å². The van der Waals surface area contributed by atoms with Crippen LogP contribution in [-0.4, -0.2) is 12.4 Å². The molecule has 2 nitrogen and oxygen atoms in total. The van der Waals surface area contributed by atoms with Crippen molar-refractivity contribution in [1.82, 2.24) is 0 Å². The lowest BCUT2D eigenvalue weighted by Crippen LogP contribution is -1.97. The Labute approximate surface area is 133 Å². The van der Waals surface area contributed by atoms with E-state index in [-0.39, 0.29) is 5.56 Å². The van der Waals surface area contributed by atoms with Gasteiger partial charge in [-0.2, -0.15) is 10.2 Å². The van der Waals surface area contributed by atoms with Crippen molar-refractivity contribution < 1.29 is 8.78 Å². The summed E-state index contributed by atoms with van der Waals surface area (Å²) >= 11 is 5.77. The van der Waals surface area contributed by atoms with Crippen LogP contribution in [0.2, 0.25) is 5.02 Å². The first-order chi connectivity index (χ1) is 10.6. The van der Waals surface area contributed by atoms with Gasteiger partial charge in [0.15, 0.2) is 0 Å². The van der Waals surface area contributed by atoms with Crippen LogP contribution in [-0.2, 0) is 6.42 Å². The fourth-order valence-corrected chi connectivity index (χ4v) is 2.06. The van der Waals surface area contributed by atoms with E-state index >= 15 is 0 Å². The molecule has 0 spiro atoms. The lowest BCUT2D eigenvalue weighted by atomic mass is 10.1. The second-order valence-corrected chi connectivity index (χ2v) is 5.20. The highest BCUT2D eigenvalue weighted by molar-refractivity contribution is 6.30. The molecule has 114 valence electrons. The van der Waals surface area contributed by atoms with E-state index in [9.17, 15) is 8.78 Å². The Morgan fingerprint density at radius 3 is 2.18 bits per heavy atom. The third kappa shape index (κ3) is 4.46. The van der Waals surface area contributed by atoms with Gasteiger partial charge in [-0.3, -0.25) is 0 Å². The van der Waals surface area contributed by atoms with Crippen LogP contribution < -0.4 is 0 Å². The average molecular weight is 321 g/mol. The fraction of sp³-hybridized carbons (Fsp3) is 0.176. The van der Waals surface area contributed by atoms with Gasteiger partial charge < -0.3 is 0 Å². The van der Waals surface area contributed by atoms with Crippen molar-refractivity contribution >= 4 is 24.0 Å². The molecule has 2 aromatic rings. The van der Waals surface area contributed by atoms with Crippen molar-refractivity contribution in [2.24, 2.45) is 10.2 Å². The molecule has 22 heavy (non-hydrogen) atoms. The first-order valence-corrected chi connectivity index (χ1v) is 7.28. The summed E-state index contributed by atoms with van der Waals surface area (Å²) in [4.78, 5) is 0.